The van der Waals surface area contributed by atoms with Crippen molar-refractivity contribution in [1.82, 2.24) is 0 Å². The lowest BCUT2D eigenvalue weighted by molar-refractivity contribution is 0.854. The van der Waals surface area contributed by atoms with E-state index in [1.54, 1.807) is 0 Å². The third kappa shape index (κ3) is 2.85. The summed E-state index contributed by atoms with van der Waals surface area (Å²) in [6.07, 6.45) is 0. The molecule has 1 aromatic rings. The summed E-state index contributed by atoms with van der Waals surface area (Å²) in [5.41, 5.74) is 4.86. The summed E-state index contributed by atoms with van der Waals surface area (Å²) in [6, 6.07) is 8.58. The van der Waals surface area contributed by atoms with Gasteiger partial charge in [0.05, 0.1) is 0 Å². The van der Waals surface area contributed by atoms with Crippen LogP contribution >= 0.6 is 0 Å². The lowest BCUT2D eigenvalue weighted by atomic mass is 9.92. The maximum Gasteiger partial charge on any atom is -0.0219 e. The molecule has 0 atom stereocenters. The van der Waals surface area contributed by atoms with E-state index in [4.69, 9.17) is 0 Å². The van der Waals surface area contributed by atoms with Gasteiger partial charge in [0.25, 0.3) is 0 Å². The predicted octanol–water partition coefficient (Wildman–Crippen LogP) is 5.03. The normalized spacial score (nSPS) is 10.9. The molecule has 0 amide bonds. The zero-order chi connectivity index (χ0) is 12.3. The smallest absolute Gasteiger partial charge is 0.0219 e. The van der Waals surface area contributed by atoms with Gasteiger partial charge in [0.1, 0.15) is 0 Å². The molecule has 0 heterocycles. The van der Waals surface area contributed by atoms with Crippen LogP contribution in [0.5, 0.6) is 0 Å². The monoisotopic (exact) mass is 214 g/mol. The van der Waals surface area contributed by atoms with E-state index in [2.05, 4.69) is 65.1 Å². The van der Waals surface area contributed by atoms with Crippen LogP contribution in [0, 0.1) is 11.8 Å². The number of rotatable bonds is 4. The molecular weight excluding hydrogens is 192 g/mol. The van der Waals surface area contributed by atoms with Crippen molar-refractivity contribution in [2.75, 3.05) is 0 Å². The Kier molecular flexibility index (Phi) is 4.12. The molecule has 86 valence electrons. The van der Waals surface area contributed by atoms with Gasteiger partial charge in [-0.3, -0.25) is 0 Å². The van der Waals surface area contributed by atoms with Gasteiger partial charge in [-0.05, 0) is 34.1 Å². The number of allylic oxidation sites excluding steroid dienone is 2. The van der Waals surface area contributed by atoms with Gasteiger partial charge >= 0.3 is 0 Å². The molecule has 0 aliphatic rings. The molecule has 0 N–H and O–H groups in total. The summed E-state index contributed by atoms with van der Waals surface area (Å²) in [6.45, 7) is 16.9. The maximum atomic E-state index is 4.11. The van der Waals surface area contributed by atoms with Crippen molar-refractivity contribution in [2.45, 2.75) is 27.7 Å². The Morgan fingerprint density at radius 3 is 1.19 bits per heavy atom. The number of benzene rings is 1. The molecule has 0 saturated carbocycles. The fourth-order valence-corrected chi connectivity index (χ4v) is 1.57. The minimum absolute atomic E-state index is 0.499. The fourth-order valence-electron chi connectivity index (χ4n) is 1.57. The zero-order valence-corrected chi connectivity index (χ0v) is 10.9. The number of hydrogen-bond donors (Lipinski definition) is 0. The van der Waals surface area contributed by atoms with Crippen LogP contribution in [0.25, 0.3) is 11.1 Å². The Morgan fingerprint density at radius 2 is 1.00 bits per heavy atom. The second-order valence-corrected chi connectivity index (χ2v) is 4.94. The highest BCUT2D eigenvalue weighted by atomic mass is 14.1. The molecule has 0 nitrogen and oxygen atoms in total. The summed E-state index contributed by atoms with van der Waals surface area (Å²) in [4.78, 5) is 0. The summed E-state index contributed by atoms with van der Waals surface area (Å²) >= 11 is 0. The molecule has 0 heteroatoms. The first-order valence-corrected chi connectivity index (χ1v) is 5.92. The molecule has 0 spiro atoms. The van der Waals surface area contributed by atoms with Crippen LogP contribution in [-0.2, 0) is 0 Å². The first kappa shape index (κ1) is 12.8. The van der Waals surface area contributed by atoms with Crippen LogP contribution in [0.2, 0.25) is 0 Å². The van der Waals surface area contributed by atoms with Gasteiger partial charge < -0.3 is 0 Å². The standard InChI is InChI=1S/C16H22/c1-11(2)13(5)15-7-9-16(10-8-15)14(6)12(3)4/h7-12H,5-6H2,1-4H3. The summed E-state index contributed by atoms with van der Waals surface area (Å²) in [5.74, 6) is 0.998. The van der Waals surface area contributed by atoms with Crippen LogP contribution in [0.1, 0.15) is 38.8 Å². The van der Waals surface area contributed by atoms with Crippen LogP contribution < -0.4 is 0 Å². The topological polar surface area (TPSA) is 0 Å². The van der Waals surface area contributed by atoms with Crippen LogP contribution in [-0.4, -0.2) is 0 Å². The van der Waals surface area contributed by atoms with Crippen LogP contribution in [0.15, 0.2) is 37.4 Å². The fraction of sp³-hybridized carbons (Fsp3) is 0.375. The zero-order valence-electron chi connectivity index (χ0n) is 10.9. The van der Waals surface area contributed by atoms with E-state index in [1.807, 2.05) is 0 Å². The Bertz CT molecular complexity index is 338. The highest BCUT2D eigenvalue weighted by Gasteiger charge is 2.06. The minimum atomic E-state index is 0.499. The van der Waals surface area contributed by atoms with Gasteiger partial charge in [-0.2, -0.15) is 0 Å². The van der Waals surface area contributed by atoms with Crippen LogP contribution in [0.4, 0.5) is 0 Å². The largest absolute Gasteiger partial charge is 0.0950 e. The van der Waals surface area contributed by atoms with Crippen molar-refractivity contribution < 1.29 is 0 Å². The first-order chi connectivity index (χ1) is 7.43. The van der Waals surface area contributed by atoms with Gasteiger partial charge in [-0.1, -0.05) is 65.1 Å². The lowest BCUT2D eigenvalue weighted by Gasteiger charge is -2.13. The minimum Gasteiger partial charge on any atom is -0.0950 e. The molecule has 0 aliphatic carbocycles. The molecule has 0 saturated heterocycles. The molecular formula is C16H22. The molecule has 0 unspecified atom stereocenters. The Balaban J connectivity index is 2.92. The van der Waals surface area contributed by atoms with Crippen molar-refractivity contribution in [2.24, 2.45) is 11.8 Å². The second-order valence-electron chi connectivity index (χ2n) is 4.94. The molecule has 1 rings (SSSR count). The predicted molar refractivity (Wildman–Crippen MR) is 74.2 cm³/mol. The molecule has 0 aromatic heterocycles. The summed E-state index contributed by atoms with van der Waals surface area (Å²) in [5, 5.41) is 0. The highest BCUT2D eigenvalue weighted by Crippen LogP contribution is 2.25. The third-order valence-corrected chi connectivity index (χ3v) is 3.02. The van der Waals surface area contributed by atoms with Crippen molar-refractivity contribution in [1.29, 1.82) is 0 Å². The number of hydrogen-bond acceptors (Lipinski definition) is 0. The van der Waals surface area contributed by atoms with Crippen molar-refractivity contribution in [3.8, 4) is 0 Å². The quantitative estimate of drug-likeness (QED) is 0.659. The van der Waals surface area contributed by atoms with Gasteiger partial charge in [-0.15, -0.1) is 0 Å². The second kappa shape index (κ2) is 5.16. The summed E-state index contributed by atoms with van der Waals surface area (Å²) < 4.78 is 0. The third-order valence-electron chi connectivity index (χ3n) is 3.02. The van der Waals surface area contributed by atoms with E-state index in [0.29, 0.717) is 11.8 Å². The molecule has 1 aromatic carbocycles. The molecule has 0 aliphatic heterocycles. The van der Waals surface area contributed by atoms with Crippen molar-refractivity contribution in [3.05, 3.63) is 48.6 Å². The molecule has 0 bridgehead atoms. The Morgan fingerprint density at radius 1 is 0.750 bits per heavy atom. The van der Waals surface area contributed by atoms with E-state index in [-0.39, 0.29) is 0 Å². The van der Waals surface area contributed by atoms with Gasteiger partial charge in [0, 0.05) is 0 Å². The van der Waals surface area contributed by atoms with Crippen molar-refractivity contribution in [3.63, 3.8) is 0 Å². The maximum absolute atomic E-state index is 4.11. The van der Waals surface area contributed by atoms with E-state index in [0.717, 1.165) is 0 Å². The highest BCUT2D eigenvalue weighted by molar-refractivity contribution is 5.69. The average Bonchev–Trinajstić information content (AvgIpc) is 2.27. The van der Waals surface area contributed by atoms with E-state index >= 15 is 0 Å². The van der Waals surface area contributed by atoms with Gasteiger partial charge in [0.15, 0.2) is 0 Å². The molecule has 0 radical (unpaired) electrons. The molecule has 16 heavy (non-hydrogen) atoms. The average molecular weight is 214 g/mol. The van der Waals surface area contributed by atoms with Gasteiger partial charge in [0.2, 0.25) is 0 Å². The lowest BCUT2D eigenvalue weighted by Crippen LogP contribution is -1.94. The summed E-state index contributed by atoms with van der Waals surface area (Å²) in [7, 11) is 0. The SMILES string of the molecule is C=C(c1ccc(C(=C)C(C)C)cc1)C(C)C. The Hall–Kier alpha value is -1.30. The van der Waals surface area contributed by atoms with E-state index in [9.17, 15) is 0 Å². The first-order valence-electron chi connectivity index (χ1n) is 5.92. The van der Waals surface area contributed by atoms with Gasteiger partial charge in [-0.25, -0.2) is 0 Å². The van der Waals surface area contributed by atoms with Crippen LogP contribution in [0.3, 0.4) is 0 Å². The molecule has 0 fully saturated rings. The Labute approximate surface area is 99.7 Å². The van der Waals surface area contributed by atoms with E-state index in [1.165, 1.54) is 22.3 Å². The van der Waals surface area contributed by atoms with E-state index < -0.39 is 0 Å². The van der Waals surface area contributed by atoms with Crippen molar-refractivity contribution >= 4 is 11.1 Å².